The Bertz CT molecular complexity index is 877. The monoisotopic (exact) mass is 506 g/mol. The van der Waals surface area contributed by atoms with Gasteiger partial charge in [-0.05, 0) is 43.7 Å². The number of ether oxygens (including phenoxy) is 1. The molecule has 0 spiro atoms. The van der Waals surface area contributed by atoms with E-state index in [0.717, 1.165) is 11.3 Å². The van der Waals surface area contributed by atoms with Crippen LogP contribution in [0.1, 0.15) is 18.1 Å². The summed E-state index contributed by atoms with van der Waals surface area (Å²) in [6, 6.07) is 15.0. The lowest BCUT2D eigenvalue weighted by molar-refractivity contribution is -0.115. The smallest absolute Gasteiger partial charge is 0.243 e. The fourth-order valence-electron chi connectivity index (χ4n) is 2.46. The van der Waals surface area contributed by atoms with Crippen molar-refractivity contribution in [2.45, 2.75) is 20.0 Å². The third kappa shape index (κ3) is 8.44. The van der Waals surface area contributed by atoms with E-state index in [1.54, 1.807) is 31.3 Å². The number of hydrogen-bond acceptors (Lipinski definition) is 3. The lowest BCUT2D eigenvalue weighted by Crippen LogP contribution is -2.44. The topological polar surface area (TPSA) is 74.8 Å². The maximum atomic E-state index is 12.1. The Morgan fingerprint density at radius 1 is 1.21 bits per heavy atom. The molecular weight excluding hydrogens is 479 g/mol. The second kappa shape index (κ2) is 12.7. The van der Waals surface area contributed by atoms with Gasteiger partial charge in [0.1, 0.15) is 11.9 Å². The Balaban J connectivity index is 0.00000420. The third-order valence-electron chi connectivity index (χ3n) is 3.93. The molecule has 2 rings (SSSR count). The number of terminal acetylenes is 1. The number of carbonyl (C=O) groups is 1. The zero-order valence-corrected chi connectivity index (χ0v) is 19.2. The van der Waals surface area contributed by atoms with Gasteiger partial charge in [0.2, 0.25) is 5.91 Å². The van der Waals surface area contributed by atoms with Crippen molar-refractivity contribution >= 4 is 41.5 Å². The number of halogens is 1. The molecule has 29 heavy (non-hydrogen) atoms. The largest absolute Gasteiger partial charge is 0.489 e. The van der Waals surface area contributed by atoms with Gasteiger partial charge in [-0.2, -0.15) is 0 Å². The molecule has 154 valence electrons. The van der Waals surface area contributed by atoms with E-state index in [2.05, 4.69) is 26.9 Å². The zero-order chi connectivity index (χ0) is 20.4. The average Bonchev–Trinajstić information content (AvgIpc) is 2.70. The Kier molecular flexibility index (Phi) is 10.6. The SMILES string of the molecule is C#Cc1cccc(NC(=O)CNC(=NC)NCC(C)Oc2ccccc2C)c1.I. The number of aryl methyl sites for hydroxylation is 1. The van der Waals surface area contributed by atoms with Gasteiger partial charge in [0.15, 0.2) is 5.96 Å². The number of nitrogens with zero attached hydrogens (tertiary/aromatic N) is 1. The molecule has 0 fully saturated rings. The summed E-state index contributed by atoms with van der Waals surface area (Å²) in [7, 11) is 1.65. The van der Waals surface area contributed by atoms with Crippen molar-refractivity contribution in [2.24, 2.45) is 4.99 Å². The molecule has 0 radical (unpaired) electrons. The van der Waals surface area contributed by atoms with Crippen LogP contribution in [0.4, 0.5) is 5.69 Å². The van der Waals surface area contributed by atoms with Gasteiger partial charge in [-0.15, -0.1) is 30.4 Å². The third-order valence-corrected chi connectivity index (χ3v) is 3.93. The molecule has 0 saturated carbocycles. The molecule has 3 N–H and O–H groups in total. The minimum Gasteiger partial charge on any atom is -0.489 e. The maximum Gasteiger partial charge on any atom is 0.243 e. The number of carbonyl (C=O) groups excluding carboxylic acids is 1. The molecule has 0 aliphatic rings. The van der Waals surface area contributed by atoms with E-state index in [9.17, 15) is 4.79 Å². The van der Waals surface area contributed by atoms with E-state index >= 15 is 0 Å². The van der Waals surface area contributed by atoms with Crippen molar-refractivity contribution < 1.29 is 9.53 Å². The van der Waals surface area contributed by atoms with Gasteiger partial charge in [-0.3, -0.25) is 9.79 Å². The summed E-state index contributed by atoms with van der Waals surface area (Å²) in [4.78, 5) is 16.2. The lowest BCUT2D eigenvalue weighted by atomic mass is 10.2. The van der Waals surface area contributed by atoms with Crippen LogP contribution < -0.4 is 20.7 Å². The normalized spacial score (nSPS) is 11.4. The quantitative estimate of drug-likeness (QED) is 0.234. The van der Waals surface area contributed by atoms with E-state index in [-0.39, 0.29) is 42.5 Å². The van der Waals surface area contributed by atoms with Crippen LogP contribution in [-0.2, 0) is 4.79 Å². The van der Waals surface area contributed by atoms with E-state index in [4.69, 9.17) is 11.2 Å². The van der Waals surface area contributed by atoms with Gasteiger partial charge >= 0.3 is 0 Å². The van der Waals surface area contributed by atoms with Crippen LogP contribution in [-0.4, -0.2) is 38.1 Å². The van der Waals surface area contributed by atoms with Gasteiger partial charge in [0.25, 0.3) is 0 Å². The van der Waals surface area contributed by atoms with Gasteiger partial charge < -0.3 is 20.7 Å². The van der Waals surface area contributed by atoms with Crippen molar-refractivity contribution in [1.82, 2.24) is 10.6 Å². The van der Waals surface area contributed by atoms with Crippen molar-refractivity contribution in [3.8, 4) is 18.1 Å². The molecule has 1 unspecified atom stereocenters. The first-order chi connectivity index (χ1) is 13.5. The number of amides is 1. The number of para-hydroxylation sites is 1. The minimum atomic E-state index is -0.193. The highest BCUT2D eigenvalue weighted by Crippen LogP contribution is 2.17. The first-order valence-electron chi connectivity index (χ1n) is 9.05. The van der Waals surface area contributed by atoms with Gasteiger partial charge in [0, 0.05) is 18.3 Å². The number of nitrogens with one attached hydrogen (secondary N) is 3. The van der Waals surface area contributed by atoms with Crippen LogP contribution in [0.3, 0.4) is 0 Å². The summed E-state index contributed by atoms with van der Waals surface area (Å²) in [5, 5.41) is 8.93. The summed E-state index contributed by atoms with van der Waals surface area (Å²) in [6.07, 6.45) is 5.30. The zero-order valence-electron chi connectivity index (χ0n) is 16.9. The fraction of sp³-hybridized carbons (Fsp3) is 0.273. The van der Waals surface area contributed by atoms with Crippen molar-refractivity contribution in [2.75, 3.05) is 25.5 Å². The molecule has 0 aliphatic carbocycles. The first kappa shape index (κ1) is 24.3. The number of hydrogen-bond donors (Lipinski definition) is 3. The number of benzene rings is 2. The second-order valence-corrected chi connectivity index (χ2v) is 6.27. The summed E-state index contributed by atoms with van der Waals surface area (Å²) < 4.78 is 5.93. The van der Waals surface area contributed by atoms with E-state index in [1.807, 2.05) is 38.1 Å². The summed E-state index contributed by atoms with van der Waals surface area (Å²) in [5.74, 6) is 3.72. The Morgan fingerprint density at radius 3 is 2.66 bits per heavy atom. The number of anilines is 1. The predicted molar refractivity (Wildman–Crippen MR) is 129 cm³/mol. The van der Waals surface area contributed by atoms with E-state index in [1.165, 1.54) is 0 Å². The molecule has 7 heteroatoms. The van der Waals surface area contributed by atoms with E-state index < -0.39 is 0 Å². The highest BCUT2D eigenvalue weighted by molar-refractivity contribution is 14.0. The maximum absolute atomic E-state index is 12.1. The number of guanidine groups is 1. The summed E-state index contributed by atoms with van der Waals surface area (Å²) >= 11 is 0. The van der Waals surface area contributed by atoms with Gasteiger partial charge in [-0.25, -0.2) is 0 Å². The number of aliphatic imine (C=N–C) groups is 1. The Morgan fingerprint density at radius 2 is 1.97 bits per heavy atom. The highest BCUT2D eigenvalue weighted by Gasteiger charge is 2.09. The van der Waals surface area contributed by atoms with Crippen LogP contribution >= 0.6 is 24.0 Å². The molecule has 0 aromatic heterocycles. The van der Waals surface area contributed by atoms with Crippen molar-refractivity contribution in [3.63, 3.8) is 0 Å². The molecular formula is C22H27IN4O2. The molecule has 0 bridgehead atoms. The Hall–Kier alpha value is -2.73. The summed E-state index contributed by atoms with van der Waals surface area (Å²) in [5.41, 5.74) is 2.46. The predicted octanol–water partition coefficient (Wildman–Crippen LogP) is 3.17. The van der Waals surface area contributed by atoms with Crippen LogP contribution in [0, 0.1) is 19.3 Å². The fourth-order valence-corrected chi connectivity index (χ4v) is 2.46. The van der Waals surface area contributed by atoms with Crippen LogP contribution in [0.2, 0.25) is 0 Å². The van der Waals surface area contributed by atoms with Crippen LogP contribution in [0.5, 0.6) is 5.75 Å². The minimum absolute atomic E-state index is 0. The molecule has 0 aliphatic heterocycles. The first-order valence-corrected chi connectivity index (χ1v) is 9.05. The molecule has 0 heterocycles. The number of rotatable bonds is 7. The van der Waals surface area contributed by atoms with Crippen molar-refractivity contribution in [1.29, 1.82) is 0 Å². The average molecular weight is 506 g/mol. The van der Waals surface area contributed by atoms with Gasteiger partial charge in [0.05, 0.1) is 13.1 Å². The molecule has 1 atom stereocenters. The molecule has 0 saturated heterocycles. The van der Waals surface area contributed by atoms with Gasteiger partial charge in [-0.1, -0.05) is 30.2 Å². The van der Waals surface area contributed by atoms with Crippen molar-refractivity contribution in [3.05, 3.63) is 59.7 Å². The molecule has 1 amide bonds. The van der Waals surface area contributed by atoms with Crippen LogP contribution in [0.25, 0.3) is 0 Å². The van der Waals surface area contributed by atoms with E-state index in [0.29, 0.717) is 23.8 Å². The second-order valence-electron chi connectivity index (χ2n) is 6.27. The highest BCUT2D eigenvalue weighted by atomic mass is 127. The standard InChI is InChI=1S/C22H26N4O2.HI/c1-5-18-10-8-11-19(13-18)26-21(27)15-25-22(23-4)24-14-17(3)28-20-12-7-6-9-16(20)2;/h1,6-13,17H,14-15H2,2-4H3,(H,26,27)(H2,23,24,25);1H. The molecule has 2 aromatic carbocycles. The summed E-state index contributed by atoms with van der Waals surface area (Å²) in [6.45, 7) is 4.60. The Labute approximate surface area is 189 Å². The molecule has 6 nitrogen and oxygen atoms in total. The molecule has 2 aromatic rings. The van der Waals surface area contributed by atoms with Crippen LogP contribution in [0.15, 0.2) is 53.5 Å². The lowest BCUT2D eigenvalue weighted by Gasteiger charge is -2.18.